The van der Waals surface area contributed by atoms with Gasteiger partial charge in [-0.25, -0.2) is 4.39 Å². The van der Waals surface area contributed by atoms with Crippen LogP contribution in [0.3, 0.4) is 0 Å². The molecule has 1 aromatic rings. The SMILES string of the molecule is NCC(=CF)COC1Cc2ccncc2C(=O)N1C1CC1. The molecule has 21 heavy (non-hydrogen) atoms. The summed E-state index contributed by atoms with van der Waals surface area (Å²) in [6.07, 6.45) is 5.97. The maximum absolute atomic E-state index is 12.6. The van der Waals surface area contributed by atoms with E-state index in [0.717, 1.165) is 18.4 Å². The summed E-state index contributed by atoms with van der Waals surface area (Å²) in [5.41, 5.74) is 7.39. The Kier molecular flexibility index (Phi) is 3.98. The quantitative estimate of drug-likeness (QED) is 0.890. The van der Waals surface area contributed by atoms with Gasteiger partial charge >= 0.3 is 0 Å². The van der Waals surface area contributed by atoms with Gasteiger partial charge in [-0.15, -0.1) is 0 Å². The molecule has 1 aliphatic heterocycles. The van der Waals surface area contributed by atoms with Crippen molar-refractivity contribution < 1.29 is 13.9 Å². The lowest BCUT2D eigenvalue weighted by atomic mass is 10.00. The number of halogens is 1. The fourth-order valence-electron chi connectivity index (χ4n) is 2.58. The number of ether oxygens (including phenoxy) is 1. The Labute approximate surface area is 122 Å². The molecule has 1 aliphatic carbocycles. The number of aromatic nitrogens is 1. The van der Waals surface area contributed by atoms with Gasteiger partial charge in [-0.2, -0.15) is 0 Å². The van der Waals surface area contributed by atoms with E-state index < -0.39 is 0 Å². The number of fused-ring (bicyclic) bond motifs is 1. The molecule has 0 saturated heterocycles. The maximum Gasteiger partial charge on any atom is 0.258 e. The maximum atomic E-state index is 12.6. The summed E-state index contributed by atoms with van der Waals surface area (Å²) in [7, 11) is 0. The summed E-state index contributed by atoms with van der Waals surface area (Å²) >= 11 is 0. The molecule has 3 rings (SSSR count). The highest BCUT2D eigenvalue weighted by molar-refractivity contribution is 5.97. The first kappa shape index (κ1) is 14.2. The Morgan fingerprint density at radius 3 is 3.05 bits per heavy atom. The molecule has 1 unspecified atom stereocenters. The Bertz CT molecular complexity index is 572. The van der Waals surface area contributed by atoms with Crippen LogP contribution >= 0.6 is 0 Å². The second-order valence-electron chi connectivity index (χ2n) is 5.42. The van der Waals surface area contributed by atoms with Crippen molar-refractivity contribution in [3.8, 4) is 0 Å². The van der Waals surface area contributed by atoms with Crippen LogP contribution < -0.4 is 5.73 Å². The van der Waals surface area contributed by atoms with Crippen molar-refractivity contribution in [3.05, 3.63) is 41.5 Å². The van der Waals surface area contributed by atoms with E-state index in [9.17, 15) is 9.18 Å². The zero-order valence-electron chi connectivity index (χ0n) is 11.7. The number of hydrogen-bond donors (Lipinski definition) is 1. The zero-order chi connectivity index (χ0) is 14.8. The topological polar surface area (TPSA) is 68.5 Å². The van der Waals surface area contributed by atoms with E-state index in [1.807, 2.05) is 6.07 Å². The van der Waals surface area contributed by atoms with Crippen molar-refractivity contribution in [2.45, 2.75) is 31.5 Å². The number of nitrogens with two attached hydrogens (primary N) is 1. The van der Waals surface area contributed by atoms with Crippen LogP contribution in [0.2, 0.25) is 0 Å². The average molecular weight is 291 g/mol. The van der Waals surface area contributed by atoms with Gasteiger partial charge in [0.25, 0.3) is 5.91 Å². The minimum atomic E-state index is -0.360. The molecular weight excluding hydrogens is 273 g/mol. The fourth-order valence-corrected chi connectivity index (χ4v) is 2.58. The van der Waals surface area contributed by atoms with E-state index in [0.29, 0.717) is 23.9 Å². The zero-order valence-corrected chi connectivity index (χ0v) is 11.7. The molecule has 112 valence electrons. The second-order valence-corrected chi connectivity index (χ2v) is 5.42. The van der Waals surface area contributed by atoms with Gasteiger partial charge in [0.1, 0.15) is 6.23 Å². The van der Waals surface area contributed by atoms with Gasteiger partial charge < -0.3 is 15.4 Å². The van der Waals surface area contributed by atoms with Crippen LogP contribution in [0.4, 0.5) is 4.39 Å². The molecule has 1 amide bonds. The van der Waals surface area contributed by atoms with E-state index in [4.69, 9.17) is 10.5 Å². The molecule has 0 spiro atoms. The standard InChI is InChI=1S/C15H18FN3O2/c16-6-10(7-17)9-21-14-5-11-3-4-18-8-13(11)15(20)19(14)12-1-2-12/h3-4,6,8,12,14H,1-2,5,7,9,17H2. The number of hydrogen-bond acceptors (Lipinski definition) is 4. The predicted octanol–water partition coefficient (Wildman–Crippen LogP) is 1.40. The molecule has 2 N–H and O–H groups in total. The highest BCUT2D eigenvalue weighted by Gasteiger charge is 2.42. The molecule has 2 aliphatic rings. The lowest BCUT2D eigenvalue weighted by Crippen LogP contribution is -2.48. The lowest BCUT2D eigenvalue weighted by molar-refractivity contribution is -0.0448. The van der Waals surface area contributed by atoms with Crippen LogP contribution in [0.25, 0.3) is 0 Å². The Balaban J connectivity index is 1.80. The summed E-state index contributed by atoms with van der Waals surface area (Å²) in [5, 5.41) is 0. The van der Waals surface area contributed by atoms with Crippen LogP contribution in [0.1, 0.15) is 28.8 Å². The Morgan fingerprint density at radius 1 is 1.57 bits per heavy atom. The molecule has 1 fully saturated rings. The van der Waals surface area contributed by atoms with Crippen molar-refractivity contribution in [2.75, 3.05) is 13.2 Å². The van der Waals surface area contributed by atoms with Crippen molar-refractivity contribution >= 4 is 5.91 Å². The number of carbonyl (C=O) groups excluding carboxylic acids is 1. The normalized spacial score (nSPS) is 22.4. The molecule has 6 heteroatoms. The minimum absolute atomic E-state index is 0.0459. The van der Waals surface area contributed by atoms with Gasteiger partial charge in [0.2, 0.25) is 0 Å². The first-order valence-electron chi connectivity index (χ1n) is 7.10. The molecule has 5 nitrogen and oxygen atoms in total. The summed E-state index contributed by atoms with van der Waals surface area (Å²) in [4.78, 5) is 18.4. The monoisotopic (exact) mass is 291 g/mol. The number of rotatable bonds is 5. The molecule has 1 aromatic heterocycles. The number of pyridine rings is 1. The fraction of sp³-hybridized carbons (Fsp3) is 0.467. The first-order chi connectivity index (χ1) is 10.2. The number of amides is 1. The first-order valence-corrected chi connectivity index (χ1v) is 7.10. The third kappa shape index (κ3) is 2.82. The van der Waals surface area contributed by atoms with Crippen LogP contribution in [0.5, 0.6) is 0 Å². The smallest absolute Gasteiger partial charge is 0.258 e. The van der Waals surface area contributed by atoms with Gasteiger partial charge in [-0.05, 0) is 30.0 Å². The van der Waals surface area contributed by atoms with Gasteiger partial charge in [-0.3, -0.25) is 9.78 Å². The van der Waals surface area contributed by atoms with Crippen LogP contribution in [0.15, 0.2) is 30.4 Å². The van der Waals surface area contributed by atoms with Crippen LogP contribution in [0, 0.1) is 0 Å². The van der Waals surface area contributed by atoms with Crippen molar-refractivity contribution in [2.24, 2.45) is 5.73 Å². The number of nitrogens with zero attached hydrogens (tertiary/aromatic N) is 2. The average Bonchev–Trinajstić information content (AvgIpc) is 3.33. The Hall–Kier alpha value is -1.79. The van der Waals surface area contributed by atoms with Crippen molar-refractivity contribution in [1.29, 1.82) is 0 Å². The van der Waals surface area contributed by atoms with E-state index in [1.165, 1.54) is 0 Å². The summed E-state index contributed by atoms with van der Waals surface area (Å²) in [6.45, 7) is 0.218. The molecule has 0 radical (unpaired) electrons. The van der Waals surface area contributed by atoms with Gasteiger partial charge in [0.05, 0.1) is 18.5 Å². The summed E-state index contributed by atoms with van der Waals surface area (Å²) < 4.78 is 18.3. The molecule has 0 aromatic carbocycles. The van der Waals surface area contributed by atoms with E-state index >= 15 is 0 Å². The van der Waals surface area contributed by atoms with Gasteiger partial charge in [-0.1, -0.05) is 0 Å². The Morgan fingerprint density at radius 2 is 2.38 bits per heavy atom. The summed E-state index contributed by atoms with van der Waals surface area (Å²) in [6, 6.07) is 2.06. The number of carbonyl (C=O) groups is 1. The van der Waals surface area contributed by atoms with Crippen LogP contribution in [-0.2, 0) is 11.2 Å². The highest BCUT2D eigenvalue weighted by Crippen LogP contribution is 2.35. The largest absolute Gasteiger partial charge is 0.353 e. The van der Waals surface area contributed by atoms with Crippen molar-refractivity contribution in [3.63, 3.8) is 0 Å². The molecular formula is C15H18FN3O2. The lowest BCUT2D eigenvalue weighted by Gasteiger charge is -2.36. The van der Waals surface area contributed by atoms with Crippen LogP contribution in [-0.4, -0.2) is 41.2 Å². The molecule has 1 saturated carbocycles. The third-order valence-corrected chi connectivity index (χ3v) is 3.90. The summed E-state index contributed by atoms with van der Waals surface area (Å²) in [5.74, 6) is -0.0459. The van der Waals surface area contributed by atoms with E-state index in [1.54, 1.807) is 17.3 Å². The predicted molar refractivity (Wildman–Crippen MR) is 75.1 cm³/mol. The van der Waals surface area contributed by atoms with E-state index in [-0.39, 0.29) is 31.3 Å². The van der Waals surface area contributed by atoms with Gasteiger partial charge in [0.15, 0.2) is 0 Å². The molecule has 2 heterocycles. The van der Waals surface area contributed by atoms with Crippen molar-refractivity contribution in [1.82, 2.24) is 9.88 Å². The minimum Gasteiger partial charge on any atom is -0.353 e. The third-order valence-electron chi connectivity index (χ3n) is 3.90. The highest BCUT2D eigenvalue weighted by atomic mass is 19.1. The van der Waals surface area contributed by atoms with E-state index in [2.05, 4.69) is 4.98 Å². The molecule has 0 bridgehead atoms. The molecule has 1 atom stereocenters. The second kappa shape index (κ2) is 5.91. The van der Waals surface area contributed by atoms with Gasteiger partial charge in [0, 0.05) is 31.4 Å².